The van der Waals surface area contributed by atoms with Crippen LogP contribution in [0.15, 0.2) is 18.3 Å². The lowest BCUT2D eigenvalue weighted by Gasteiger charge is -2.26. The molecule has 1 atom stereocenters. The molecule has 0 radical (unpaired) electrons. The van der Waals surface area contributed by atoms with Crippen molar-refractivity contribution in [3.8, 4) is 0 Å². The highest BCUT2D eigenvalue weighted by Crippen LogP contribution is 2.32. The molecular weight excluding hydrogens is 338 g/mol. The number of likely N-dealkylation sites (tertiary alicyclic amines) is 1. The van der Waals surface area contributed by atoms with Gasteiger partial charge < -0.3 is 15.5 Å². The summed E-state index contributed by atoms with van der Waals surface area (Å²) in [5.74, 6) is -0.776. The third-order valence-electron chi connectivity index (χ3n) is 4.55. The second-order valence-electron chi connectivity index (χ2n) is 6.37. The number of amides is 5. The van der Waals surface area contributed by atoms with E-state index in [2.05, 4.69) is 15.6 Å². The van der Waals surface area contributed by atoms with Gasteiger partial charge in [-0.3, -0.25) is 24.3 Å². The van der Waals surface area contributed by atoms with Gasteiger partial charge in [0.1, 0.15) is 6.54 Å². The standard InChI is InChI=1S/C17H21N5O4/c1-11(23)19-8-13-7-12(4-5-18-13)14-3-2-6-21(14)16(25)10-22-15(24)9-20-17(22)26/h4-5,7,14H,2-3,6,8-10H2,1H3,(H,19,23)(H,20,26)/t14-/m1/s1. The number of urea groups is 1. The maximum atomic E-state index is 12.7. The molecule has 2 aliphatic heterocycles. The summed E-state index contributed by atoms with van der Waals surface area (Å²) in [7, 11) is 0. The van der Waals surface area contributed by atoms with E-state index in [4.69, 9.17) is 0 Å². The summed E-state index contributed by atoms with van der Waals surface area (Å²) in [6.45, 7) is 2.04. The van der Waals surface area contributed by atoms with E-state index in [0.29, 0.717) is 18.8 Å². The normalized spacial score (nSPS) is 19.7. The van der Waals surface area contributed by atoms with Crippen molar-refractivity contribution >= 4 is 23.8 Å². The summed E-state index contributed by atoms with van der Waals surface area (Å²) in [5, 5.41) is 5.11. The van der Waals surface area contributed by atoms with Gasteiger partial charge >= 0.3 is 6.03 Å². The molecule has 2 aliphatic rings. The zero-order valence-electron chi connectivity index (χ0n) is 14.5. The first-order chi connectivity index (χ1) is 12.5. The molecule has 2 fully saturated rings. The fraction of sp³-hybridized carbons (Fsp3) is 0.471. The molecule has 0 saturated carbocycles. The van der Waals surface area contributed by atoms with E-state index >= 15 is 0 Å². The van der Waals surface area contributed by atoms with Crippen LogP contribution < -0.4 is 10.6 Å². The Morgan fingerprint density at radius 1 is 1.38 bits per heavy atom. The molecule has 26 heavy (non-hydrogen) atoms. The Kier molecular flexibility index (Phi) is 5.15. The predicted octanol–water partition coefficient (Wildman–Crippen LogP) is -0.0670. The van der Waals surface area contributed by atoms with Crippen LogP contribution in [0, 0.1) is 0 Å². The number of carbonyl (C=O) groups is 4. The van der Waals surface area contributed by atoms with Gasteiger partial charge in [-0.25, -0.2) is 4.79 Å². The molecule has 1 aromatic rings. The molecule has 9 heteroatoms. The first kappa shape index (κ1) is 17.8. The molecule has 0 bridgehead atoms. The van der Waals surface area contributed by atoms with Crippen LogP contribution in [0.25, 0.3) is 0 Å². The SMILES string of the molecule is CC(=O)NCc1cc([C@H]2CCCN2C(=O)CN2C(=O)CNC2=O)ccn1. The third kappa shape index (κ3) is 3.81. The Labute approximate surface area is 150 Å². The molecule has 9 nitrogen and oxygen atoms in total. The lowest BCUT2D eigenvalue weighted by molar-refractivity contribution is -0.137. The number of imide groups is 1. The number of hydrogen-bond acceptors (Lipinski definition) is 5. The van der Waals surface area contributed by atoms with Gasteiger partial charge in [-0.15, -0.1) is 0 Å². The molecule has 5 amide bonds. The van der Waals surface area contributed by atoms with Crippen LogP contribution in [-0.4, -0.2) is 58.2 Å². The molecule has 3 rings (SSSR count). The van der Waals surface area contributed by atoms with E-state index < -0.39 is 6.03 Å². The maximum absolute atomic E-state index is 12.7. The molecule has 0 aromatic carbocycles. The van der Waals surface area contributed by atoms with Crippen LogP contribution in [0.4, 0.5) is 4.79 Å². The van der Waals surface area contributed by atoms with E-state index in [1.54, 1.807) is 11.1 Å². The number of carbonyl (C=O) groups excluding carboxylic acids is 4. The maximum Gasteiger partial charge on any atom is 0.325 e. The molecule has 2 N–H and O–H groups in total. The molecule has 0 unspecified atom stereocenters. The Balaban J connectivity index is 1.70. The minimum Gasteiger partial charge on any atom is -0.351 e. The van der Waals surface area contributed by atoms with Crippen molar-refractivity contribution in [3.05, 3.63) is 29.6 Å². The molecule has 0 spiro atoms. The Bertz CT molecular complexity index is 734. The van der Waals surface area contributed by atoms with Crippen LogP contribution in [0.2, 0.25) is 0 Å². The molecule has 0 aliphatic carbocycles. The molecule has 138 valence electrons. The Morgan fingerprint density at radius 2 is 2.19 bits per heavy atom. The number of rotatable bonds is 5. The van der Waals surface area contributed by atoms with E-state index in [1.165, 1.54) is 6.92 Å². The largest absolute Gasteiger partial charge is 0.351 e. The van der Waals surface area contributed by atoms with Gasteiger partial charge in [0, 0.05) is 19.7 Å². The second-order valence-corrected chi connectivity index (χ2v) is 6.37. The van der Waals surface area contributed by atoms with Crippen LogP contribution in [-0.2, 0) is 20.9 Å². The molecule has 1 aromatic heterocycles. The number of pyridine rings is 1. The quantitative estimate of drug-likeness (QED) is 0.715. The van der Waals surface area contributed by atoms with Crippen LogP contribution in [0.3, 0.4) is 0 Å². The first-order valence-electron chi connectivity index (χ1n) is 8.52. The van der Waals surface area contributed by atoms with Gasteiger partial charge in [-0.2, -0.15) is 0 Å². The van der Waals surface area contributed by atoms with E-state index in [9.17, 15) is 19.2 Å². The highest BCUT2D eigenvalue weighted by atomic mass is 16.2. The first-order valence-corrected chi connectivity index (χ1v) is 8.52. The van der Waals surface area contributed by atoms with Crippen molar-refractivity contribution in [2.45, 2.75) is 32.4 Å². The average molecular weight is 359 g/mol. The Morgan fingerprint density at radius 3 is 2.88 bits per heavy atom. The summed E-state index contributed by atoms with van der Waals surface area (Å²) >= 11 is 0. The van der Waals surface area contributed by atoms with Crippen LogP contribution in [0.1, 0.15) is 37.1 Å². The Hall–Kier alpha value is -2.97. The highest BCUT2D eigenvalue weighted by molar-refractivity contribution is 6.04. The fourth-order valence-corrected chi connectivity index (χ4v) is 3.27. The van der Waals surface area contributed by atoms with Gasteiger partial charge in [0.15, 0.2) is 0 Å². The number of nitrogens with zero attached hydrogens (tertiary/aromatic N) is 3. The summed E-state index contributed by atoms with van der Waals surface area (Å²) in [4.78, 5) is 53.9. The fourth-order valence-electron chi connectivity index (χ4n) is 3.27. The van der Waals surface area contributed by atoms with Crippen molar-refractivity contribution < 1.29 is 19.2 Å². The van der Waals surface area contributed by atoms with E-state index in [-0.39, 0.29) is 36.9 Å². The minimum atomic E-state index is -0.527. The predicted molar refractivity (Wildman–Crippen MR) is 90.6 cm³/mol. The summed E-state index contributed by atoms with van der Waals surface area (Å²) in [6.07, 6.45) is 3.31. The van der Waals surface area contributed by atoms with Crippen molar-refractivity contribution in [1.82, 2.24) is 25.4 Å². The minimum absolute atomic E-state index is 0.0631. The van der Waals surface area contributed by atoms with Crippen LogP contribution in [0.5, 0.6) is 0 Å². The van der Waals surface area contributed by atoms with Gasteiger partial charge in [-0.1, -0.05) is 0 Å². The monoisotopic (exact) mass is 359 g/mol. The lowest BCUT2D eigenvalue weighted by atomic mass is 10.0. The van der Waals surface area contributed by atoms with Gasteiger partial charge in [0.2, 0.25) is 11.8 Å². The van der Waals surface area contributed by atoms with E-state index in [1.807, 2.05) is 12.1 Å². The summed E-state index contributed by atoms with van der Waals surface area (Å²) < 4.78 is 0. The second kappa shape index (κ2) is 7.51. The smallest absolute Gasteiger partial charge is 0.325 e. The zero-order valence-corrected chi connectivity index (χ0v) is 14.5. The molecule has 3 heterocycles. The zero-order chi connectivity index (χ0) is 18.7. The number of aromatic nitrogens is 1. The van der Waals surface area contributed by atoms with Crippen molar-refractivity contribution in [2.24, 2.45) is 0 Å². The van der Waals surface area contributed by atoms with Gasteiger partial charge in [0.05, 0.1) is 24.8 Å². The van der Waals surface area contributed by atoms with Gasteiger partial charge in [0.25, 0.3) is 5.91 Å². The van der Waals surface area contributed by atoms with Crippen molar-refractivity contribution in [2.75, 3.05) is 19.6 Å². The molecule has 2 saturated heterocycles. The summed E-state index contributed by atoms with van der Waals surface area (Å²) in [6, 6.07) is 3.07. The average Bonchev–Trinajstić information content (AvgIpc) is 3.22. The van der Waals surface area contributed by atoms with Crippen molar-refractivity contribution in [1.29, 1.82) is 0 Å². The number of hydrogen-bond donors (Lipinski definition) is 2. The van der Waals surface area contributed by atoms with E-state index in [0.717, 1.165) is 23.3 Å². The van der Waals surface area contributed by atoms with Crippen LogP contribution >= 0.6 is 0 Å². The lowest BCUT2D eigenvalue weighted by Crippen LogP contribution is -2.42. The number of nitrogens with one attached hydrogen (secondary N) is 2. The topological polar surface area (TPSA) is 112 Å². The molecular formula is C17H21N5O4. The third-order valence-corrected chi connectivity index (χ3v) is 4.55. The summed E-state index contributed by atoms with van der Waals surface area (Å²) in [5.41, 5.74) is 1.65. The van der Waals surface area contributed by atoms with Crippen molar-refractivity contribution in [3.63, 3.8) is 0 Å². The van der Waals surface area contributed by atoms with Gasteiger partial charge in [-0.05, 0) is 30.5 Å². The highest BCUT2D eigenvalue weighted by Gasteiger charge is 2.35.